The summed E-state index contributed by atoms with van der Waals surface area (Å²) in [5.74, 6) is 2.99. The van der Waals surface area contributed by atoms with Crippen LogP contribution in [0.25, 0.3) is 0 Å². The van der Waals surface area contributed by atoms with Crippen LogP contribution < -0.4 is 4.90 Å². The molecule has 4 aliphatic heterocycles. The van der Waals surface area contributed by atoms with E-state index < -0.39 is 0 Å². The lowest BCUT2D eigenvalue weighted by atomic mass is 9.73. The molecule has 0 fully saturated rings. The number of thioether (sulfide) groups is 1. The van der Waals surface area contributed by atoms with Gasteiger partial charge in [0.05, 0.1) is 12.1 Å². The molecule has 12 rings (SSSR count). The van der Waals surface area contributed by atoms with Gasteiger partial charge in [0.25, 0.3) is 0 Å². The SMILES string of the molecule is C1=CC2Sc3ccc(N4C5=C(CCC=C5)C5C=C(C6CC=C7C(C6)C6=C(C=CCC6)N7C6C=C(C7C=NC=CC7)CC(C7=CCCC=C7)C6)C=CC54)cc3C2C=C1. The third-order valence-electron chi connectivity index (χ3n) is 15.0. The molecule has 4 heteroatoms. The Labute approximate surface area is 343 Å². The molecule has 9 unspecified atom stereocenters. The van der Waals surface area contributed by atoms with Gasteiger partial charge in [-0.1, -0.05) is 96.7 Å². The van der Waals surface area contributed by atoms with Gasteiger partial charge in [0.2, 0.25) is 0 Å². The van der Waals surface area contributed by atoms with Crippen molar-refractivity contribution < 1.29 is 0 Å². The second-order valence-electron chi connectivity index (χ2n) is 18.1. The van der Waals surface area contributed by atoms with Crippen LogP contribution in [-0.4, -0.2) is 28.4 Å². The fourth-order valence-electron chi connectivity index (χ4n) is 12.4. The molecule has 0 N–H and O–H groups in total. The highest BCUT2D eigenvalue weighted by atomic mass is 32.2. The summed E-state index contributed by atoms with van der Waals surface area (Å²) in [5.41, 5.74) is 15.5. The molecule has 0 saturated carbocycles. The number of hydrogen-bond acceptors (Lipinski definition) is 4. The van der Waals surface area contributed by atoms with E-state index in [9.17, 15) is 0 Å². The van der Waals surface area contributed by atoms with Crippen molar-refractivity contribution >= 4 is 23.7 Å². The van der Waals surface area contributed by atoms with Crippen LogP contribution in [0.1, 0.15) is 82.1 Å². The minimum Gasteiger partial charge on any atom is -0.338 e. The largest absolute Gasteiger partial charge is 0.338 e. The predicted octanol–water partition coefficient (Wildman–Crippen LogP) is 12.7. The van der Waals surface area contributed by atoms with E-state index in [1.807, 2.05) is 18.0 Å². The number of benzene rings is 1. The average molecular weight is 764 g/mol. The van der Waals surface area contributed by atoms with Crippen molar-refractivity contribution in [2.24, 2.45) is 34.6 Å². The quantitative estimate of drug-likeness (QED) is 0.278. The molecule has 0 amide bonds. The van der Waals surface area contributed by atoms with Crippen LogP contribution in [0.5, 0.6) is 0 Å². The van der Waals surface area contributed by atoms with Crippen LogP contribution >= 0.6 is 11.8 Å². The first kappa shape index (κ1) is 34.5. The molecular formula is C53H53N3S. The Morgan fingerprint density at radius 2 is 1.58 bits per heavy atom. The molecular weight excluding hydrogens is 711 g/mol. The first-order valence-electron chi connectivity index (χ1n) is 22.1. The molecule has 9 atom stereocenters. The number of hydrogen-bond donors (Lipinski definition) is 0. The molecule has 286 valence electrons. The van der Waals surface area contributed by atoms with E-state index >= 15 is 0 Å². The second kappa shape index (κ2) is 14.1. The maximum absolute atomic E-state index is 4.62. The van der Waals surface area contributed by atoms with Gasteiger partial charge in [-0.25, -0.2) is 0 Å². The smallest absolute Gasteiger partial charge is 0.0626 e. The Morgan fingerprint density at radius 1 is 0.702 bits per heavy atom. The topological polar surface area (TPSA) is 18.8 Å². The first-order valence-corrected chi connectivity index (χ1v) is 23.0. The maximum atomic E-state index is 4.62. The van der Waals surface area contributed by atoms with Gasteiger partial charge in [0.1, 0.15) is 0 Å². The van der Waals surface area contributed by atoms with Gasteiger partial charge in [-0.05, 0) is 141 Å². The third kappa shape index (κ3) is 5.79. The summed E-state index contributed by atoms with van der Waals surface area (Å²) in [7, 11) is 0. The molecule has 0 aromatic heterocycles. The molecule has 11 aliphatic rings. The van der Waals surface area contributed by atoms with Gasteiger partial charge >= 0.3 is 0 Å². The van der Waals surface area contributed by atoms with Crippen molar-refractivity contribution in [1.82, 2.24) is 4.90 Å². The summed E-state index contributed by atoms with van der Waals surface area (Å²) in [4.78, 5) is 11.6. The molecule has 0 saturated heterocycles. The zero-order valence-electron chi connectivity index (χ0n) is 32.9. The summed E-state index contributed by atoms with van der Waals surface area (Å²) in [6, 6.07) is 8.06. The lowest BCUT2D eigenvalue weighted by Crippen LogP contribution is -2.37. The van der Waals surface area contributed by atoms with Crippen molar-refractivity contribution in [1.29, 1.82) is 0 Å². The van der Waals surface area contributed by atoms with Crippen LogP contribution in [0.15, 0.2) is 183 Å². The summed E-state index contributed by atoms with van der Waals surface area (Å²) in [6.07, 6.45) is 58.9. The standard InChI is InChI=1S/C53H53N3S/c1-2-11-34(12-3-1)38-27-39(37-13-10-26-54-33-37)29-41(28-38)56-49-18-8-5-15-43(49)46-31-36(21-24-51(46)56)35-20-23-50-45(30-35)42-14-4-7-17-48(42)55(50)40-22-25-53-47(32-40)44-16-6-9-19-52(44)57-53/h2,6-12,16-20,22-26,29-30,32-33,36-38,41,44-46,50,52H,1,3-5,13-15,21,27-28,31H2. The van der Waals surface area contributed by atoms with Crippen molar-refractivity contribution in [2.45, 2.75) is 98.8 Å². The Morgan fingerprint density at radius 3 is 2.46 bits per heavy atom. The number of fused-ring (bicyclic) bond motifs is 7. The van der Waals surface area contributed by atoms with Gasteiger partial charge in [0, 0.05) is 69.0 Å². The Hall–Kier alpha value is -4.54. The molecule has 1 aromatic carbocycles. The van der Waals surface area contributed by atoms with Crippen molar-refractivity contribution in [3.63, 3.8) is 0 Å². The summed E-state index contributed by atoms with van der Waals surface area (Å²) >= 11 is 2.03. The molecule has 1 aromatic rings. The van der Waals surface area contributed by atoms with Gasteiger partial charge in [-0.15, -0.1) is 11.8 Å². The third-order valence-corrected chi connectivity index (χ3v) is 16.4. The number of allylic oxidation sites excluding steroid dienone is 17. The summed E-state index contributed by atoms with van der Waals surface area (Å²) < 4.78 is 0. The average Bonchev–Trinajstić information content (AvgIpc) is 3.94. The van der Waals surface area contributed by atoms with E-state index in [2.05, 4.69) is 142 Å². The van der Waals surface area contributed by atoms with Crippen LogP contribution in [0.4, 0.5) is 5.69 Å². The van der Waals surface area contributed by atoms with Crippen LogP contribution in [0.3, 0.4) is 0 Å². The van der Waals surface area contributed by atoms with E-state index in [0.717, 1.165) is 25.7 Å². The fraction of sp³-hybridized carbons (Fsp3) is 0.377. The number of rotatable bonds is 5. The van der Waals surface area contributed by atoms with Crippen LogP contribution in [0, 0.1) is 29.6 Å². The van der Waals surface area contributed by atoms with Crippen molar-refractivity contribution in [3.8, 4) is 0 Å². The van der Waals surface area contributed by atoms with E-state index in [1.54, 1.807) is 33.6 Å². The summed E-state index contributed by atoms with van der Waals surface area (Å²) in [6.45, 7) is 0. The summed E-state index contributed by atoms with van der Waals surface area (Å²) in [5, 5.41) is 0.531. The zero-order chi connectivity index (χ0) is 37.5. The lowest BCUT2D eigenvalue weighted by Gasteiger charge is -2.41. The van der Waals surface area contributed by atoms with Gasteiger partial charge in [-0.2, -0.15) is 0 Å². The van der Waals surface area contributed by atoms with E-state index in [1.165, 1.54) is 72.5 Å². The Balaban J connectivity index is 0.848. The minimum absolute atomic E-state index is 0.347. The van der Waals surface area contributed by atoms with E-state index in [-0.39, 0.29) is 0 Å². The second-order valence-corrected chi connectivity index (χ2v) is 19.3. The molecule has 0 bridgehead atoms. The zero-order valence-corrected chi connectivity index (χ0v) is 33.7. The van der Waals surface area contributed by atoms with E-state index in [4.69, 9.17) is 0 Å². The highest BCUT2D eigenvalue weighted by molar-refractivity contribution is 8.00. The fourth-order valence-corrected chi connectivity index (χ4v) is 13.7. The number of aliphatic imine (C=N–C) groups is 1. The highest BCUT2D eigenvalue weighted by Gasteiger charge is 2.45. The molecule has 0 spiro atoms. The normalized spacial score (nSPS) is 35.4. The predicted molar refractivity (Wildman–Crippen MR) is 238 cm³/mol. The Kier molecular flexibility index (Phi) is 8.52. The van der Waals surface area contributed by atoms with E-state index in [0.29, 0.717) is 52.8 Å². The highest BCUT2D eigenvalue weighted by Crippen LogP contribution is 2.55. The molecule has 0 radical (unpaired) electrons. The first-order chi connectivity index (χ1) is 28.2. The Bertz CT molecular complexity index is 2340. The van der Waals surface area contributed by atoms with Gasteiger partial charge < -0.3 is 9.80 Å². The van der Waals surface area contributed by atoms with Crippen molar-refractivity contribution in [3.05, 3.63) is 178 Å². The van der Waals surface area contributed by atoms with Crippen LogP contribution in [0.2, 0.25) is 0 Å². The minimum atomic E-state index is 0.347. The molecule has 3 nitrogen and oxygen atoms in total. The maximum Gasteiger partial charge on any atom is 0.0626 e. The number of anilines is 1. The monoisotopic (exact) mass is 763 g/mol. The molecule has 7 aliphatic carbocycles. The van der Waals surface area contributed by atoms with Gasteiger partial charge in [-0.3, -0.25) is 4.99 Å². The van der Waals surface area contributed by atoms with Gasteiger partial charge in [0.15, 0.2) is 0 Å². The van der Waals surface area contributed by atoms with Crippen molar-refractivity contribution in [2.75, 3.05) is 4.90 Å². The lowest BCUT2D eigenvalue weighted by molar-refractivity contribution is 0.289. The molecule has 57 heavy (non-hydrogen) atoms. The molecule has 4 heterocycles. The van der Waals surface area contributed by atoms with Crippen LogP contribution in [-0.2, 0) is 0 Å². The number of nitrogens with zero attached hydrogens (tertiary/aromatic N) is 3.